The van der Waals surface area contributed by atoms with Gasteiger partial charge in [0.15, 0.2) is 0 Å². The molecule has 5 amide bonds. The van der Waals surface area contributed by atoms with Crippen LogP contribution in [-0.4, -0.2) is 64.5 Å². The second-order valence-electron chi connectivity index (χ2n) is 11.3. The van der Waals surface area contributed by atoms with Gasteiger partial charge < -0.3 is 15.1 Å². The van der Waals surface area contributed by atoms with Gasteiger partial charge in [-0.15, -0.1) is 0 Å². The third kappa shape index (κ3) is 5.93. The summed E-state index contributed by atoms with van der Waals surface area (Å²) in [5, 5.41) is 5.63. The van der Waals surface area contributed by atoms with E-state index >= 15 is 0 Å². The molecule has 3 heterocycles. The highest BCUT2D eigenvalue weighted by Gasteiger charge is 2.51. The first-order valence-electron chi connectivity index (χ1n) is 13.0. The van der Waals surface area contributed by atoms with Gasteiger partial charge in [-0.1, -0.05) is 32.9 Å². The van der Waals surface area contributed by atoms with E-state index in [1.54, 1.807) is 37.1 Å². The average Bonchev–Trinajstić information content (AvgIpc) is 3.41. The number of nitrogens with zero attached hydrogens (tertiary/aromatic N) is 4. The number of pyridine rings is 1. The molecule has 9 nitrogen and oxygen atoms in total. The lowest BCUT2D eigenvalue weighted by Gasteiger charge is -2.27. The Kier molecular flexibility index (Phi) is 7.54. The van der Waals surface area contributed by atoms with Crippen molar-refractivity contribution in [2.45, 2.75) is 65.0 Å². The van der Waals surface area contributed by atoms with E-state index in [-0.39, 0.29) is 29.9 Å². The molecule has 0 bridgehead atoms. The molecule has 9 heteroatoms. The third-order valence-corrected chi connectivity index (χ3v) is 7.13. The number of urea groups is 2. The van der Waals surface area contributed by atoms with Crippen LogP contribution in [0.4, 0.5) is 21.1 Å². The fourth-order valence-corrected chi connectivity index (χ4v) is 4.76. The Labute approximate surface area is 219 Å². The van der Waals surface area contributed by atoms with E-state index in [1.165, 1.54) is 17.7 Å². The number of aromatic nitrogens is 1. The average molecular weight is 507 g/mol. The summed E-state index contributed by atoms with van der Waals surface area (Å²) in [5.74, 6) is 0.118. The number of carbonyl (C=O) groups is 3. The van der Waals surface area contributed by atoms with Crippen molar-refractivity contribution in [3.8, 4) is 0 Å². The fourth-order valence-electron chi connectivity index (χ4n) is 4.76. The second kappa shape index (κ2) is 10.5. The van der Waals surface area contributed by atoms with Gasteiger partial charge in [-0.3, -0.25) is 10.1 Å². The first-order chi connectivity index (χ1) is 17.5. The Morgan fingerprint density at radius 1 is 1.05 bits per heavy atom. The van der Waals surface area contributed by atoms with E-state index in [9.17, 15) is 14.4 Å². The Morgan fingerprint density at radius 3 is 2.38 bits per heavy atom. The topological polar surface area (TPSA) is 97.9 Å². The fraction of sp³-hybridized carbons (Fsp3) is 0.500. The van der Waals surface area contributed by atoms with Crippen molar-refractivity contribution in [2.24, 2.45) is 0 Å². The van der Waals surface area contributed by atoms with Crippen LogP contribution in [0, 0.1) is 0 Å². The zero-order valence-electron chi connectivity index (χ0n) is 22.5. The molecule has 0 spiro atoms. The van der Waals surface area contributed by atoms with E-state index in [0.29, 0.717) is 18.1 Å². The molecule has 4 rings (SSSR count). The summed E-state index contributed by atoms with van der Waals surface area (Å²) in [5.41, 5.74) is 1.40. The Morgan fingerprint density at radius 2 is 1.73 bits per heavy atom. The first kappa shape index (κ1) is 26.6. The molecule has 2 aliphatic heterocycles. The van der Waals surface area contributed by atoms with Gasteiger partial charge in [-0.05, 0) is 80.6 Å². The normalized spacial score (nSPS) is 18.0. The Hall–Kier alpha value is -3.46. The Bertz CT molecular complexity index is 1150. The standard InChI is InChI=1S/C28H38N6O3/c1-27(2,3)21-8-10-22(11-9-21)34-24(35)28(4,5)33(26(34)37)19-20-12-13-29-23(18-20)31-25(36)30-14-17-32-15-6-7-16-32/h8-13,18H,6-7,14-17,19H2,1-5H3,(H2,29,30,31,36). The maximum absolute atomic E-state index is 13.4. The van der Waals surface area contributed by atoms with Gasteiger partial charge in [0.2, 0.25) is 0 Å². The number of imide groups is 1. The summed E-state index contributed by atoms with van der Waals surface area (Å²) in [6, 6.07) is 10.4. The number of hydrogen-bond donors (Lipinski definition) is 2. The minimum Gasteiger partial charge on any atom is -0.337 e. The van der Waals surface area contributed by atoms with E-state index in [1.807, 2.05) is 24.3 Å². The number of anilines is 2. The molecule has 2 aliphatic rings. The highest BCUT2D eigenvalue weighted by molar-refractivity contribution is 6.22. The molecule has 0 atom stereocenters. The number of rotatable bonds is 7. The van der Waals surface area contributed by atoms with Crippen LogP contribution in [0.1, 0.15) is 58.6 Å². The molecule has 2 aromatic rings. The zero-order valence-corrected chi connectivity index (χ0v) is 22.5. The van der Waals surface area contributed by atoms with Crippen LogP contribution in [0.5, 0.6) is 0 Å². The number of likely N-dealkylation sites (tertiary alicyclic amines) is 1. The third-order valence-electron chi connectivity index (χ3n) is 7.13. The summed E-state index contributed by atoms with van der Waals surface area (Å²) in [6.07, 6.45) is 4.02. The van der Waals surface area contributed by atoms with Gasteiger partial charge in [-0.2, -0.15) is 0 Å². The quantitative estimate of drug-likeness (QED) is 0.545. The summed E-state index contributed by atoms with van der Waals surface area (Å²) >= 11 is 0. The van der Waals surface area contributed by atoms with Crippen LogP contribution in [0.3, 0.4) is 0 Å². The highest BCUT2D eigenvalue weighted by Crippen LogP contribution is 2.34. The predicted octanol–water partition coefficient (Wildman–Crippen LogP) is 4.34. The minimum absolute atomic E-state index is 0.0270. The summed E-state index contributed by atoms with van der Waals surface area (Å²) in [6.45, 7) is 13.6. The van der Waals surface area contributed by atoms with Gasteiger partial charge in [0.1, 0.15) is 11.4 Å². The maximum atomic E-state index is 13.4. The molecule has 37 heavy (non-hydrogen) atoms. The summed E-state index contributed by atoms with van der Waals surface area (Å²) < 4.78 is 0. The van der Waals surface area contributed by atoms with E-state index in [2.05, 4.69) is 41.3 Å². The number of hydrogen-bond acceptors (Lipinski definition) is 5. The zero-order chi connectivity index (χ0) is 26.8. The molecule has 2 saturated heterocycles. The molecule has 2 N–H and O–H groups in total. The molecule has 2 fully saturated rings. The Balaban J connectivity index is 1.41. The molecule has 1 aromatic carbocycles. The van der Waals surface area contributed by atoms with E-state index < -0.39 is 5.54 Å². The van der Waals surface area contributed by atoms with Crippen molar-refractivity contribution >= 4 is 29.5 Å². The van der Waals surface area contributed by atoms with Crippen LogP contribution >= 0.6 is 0 Å². The largest absolute Gasteiger partial charge is 0.337 e. The van der Waals surface area contributed by atoms with Crippen LogP contribution in [-0.2, 0) is 16.8 Å². The molecule has 0 unspecified atom stereocenters. The summed E-state index contributed by atoms with van der Waals surface area (Å²) in [7, 11) is 0. The molecular formula is C28H38N6O3. The number of nitrogens with one attached hydrogen (secondary N) is 2. The molecule has 198 valence electrons. The number of benzene rings is 1. The smallest absolute Gasteiger partial charge is 0.332 e. The van der Waals surface area contributed by atoms with Gasteiger partial charge in [-0.25, -0.2) is 19.5 Å². The minimum atomic E-state index is -1.02. The van der Waals surface area contributed by atoms with Crippen molar-refractivity contribution in [3.05, 3.63) is 53.7 Å². The lowest BCUT2D eigenvalue weighted by Crippen LogP contribution is -2.43. The second-order valence-corrected chi connectivity index (χ2v) is 11.3. The summed E-state index contributed by atoms with van der Waals surface area (Å²) in [4.78, 5) is 48.5. The van der Waals surface area contributed by atoms with Crippen molar-refractivity contribution in [3.63, 3.8) is 0 Å². The van der Waals surface area contributed by atoms with Crippen molar-refractivity contribution in [2.75, 3.05) is 36.4 Å². The monoisotopic (exact) mass is 506 g/mol. The van der Waals surface area contributed by atoms with Crippen LogP contribution in [0.15, 0.2) is 42.6 Å². The van der Waals surface area contributed by atoms with Gasteiger partial charge in [0, 0.05) is 25.8 Å². The molecule has 0 saturated carbocycles. The maximum Gasteiger partial charge on any atom is 0.332 e. The van der Waals surface area contributed by atoms with Crippen molar-refractivity contribution in [1.29, 1.82) is 0 Å². The molecule has 0 aliphatic carbocycles. The lowest BCUT2D eigenvalue weighted by atomic mass is 9.87. The van der Waals surface area contributed by atoms with E-state index in [4.69, 9.17) is 0 Å². The highest BCUT2D eigenvalue weighted by atomic mass is 16.2. The molecular weight excluding hydrogens is 468 g/mol. The lowest BCUT2D eigenvalue weighted by molar-refractivity contribution is -0.123. The number of carbonyl (C=O) groups excluding carboxylic acids is 3. The van der Waals surface area contributed by atoms with Crippen molar-refractivity contribution in [1.82, 2.24) is 20.1 Å². The number of amides is 5. The van der Waals surface area contributed by atoms with E-state index in [0.717, 1.165) is 30.8 Å². The van der Waals surface area contributed by atoms with Crippen LogP contribution in [0.25, 0.3) is 0 Å². The predicted molar refractivity (Wildman–Crippen MR) is 145 cm³/mol. The SMILES string of the molecule is CC(C)(C)c1ccc(N2C(=O)N(Cc3ccnc(NC(=O)NCCN4CCCC4)c3)C(C)(C)C2=O)cc1. The first-order valence-corrected chi connectivity index (χ1v) is 13.0. The van der Waals surface area contributed by atoms with Gasteiger partial charge in [0.05, 0.1) is 5.69 Å². The van der Waals surface area contributed by atoms with Crippen LogP contribution < -0.4 is 15.5 Å². The van der Waals surface area contributed by atoms with Gasteiger partial charge >= 0.3 is 12.1 Å². The molecule has 0 radical (unpaired) electrons. The van der Waals surface area contributed by atoms with Crippen LogP contribution in [0.2, 0.25) is 0 Å². The molecule has 1 aromatic heterocycles. The van der Waals surface area contributed by atoms with Gasteiger partial charge in [0.25, 0.3) is 5.91 Å². The van der Waals surface area contributed by atoms with Crippen molar-refractivity contribution < 1.29 is 14.4 Å².